The van der Waals surface area contributed by atoms with Gasteiger partial charge in [0.25, 0.3) is 0 Å². The molecule has 1 aliphatic rings. The molecule has 36 heavy (non-hydrogen) atoms. The van der Waals surface area contributed by atoms with E-state index in [9.17, 15) is 8.42 Å². The maximum absolute atomic E-state index is 13.0. The van der Waals surface area contributed by atoms with Crippen molar-refractivity contribution in [2.45, 2.75) is 36.2 Å². The van der Waals surface area contributed by atoms with Crippen molar-refractivity contribution in [1.82, 2.24) is 4.72 Å². The number of fused-ring (bicyclic) bond motifs is 1. The van der Waals surface area contributed by atoms with Gasteiger partial charge in [-0.3, -0.25) is 9.98 Å². The van der Waals surface area contributed by atoms with Crippen LogP contribution in [0.3, 0.4) is 0 Å². The normalized spacial score (nSPS) is 14.2. The summed E-state index contributed by atoms with van der Waals surface area (Å²) in [5, 5.41) is 1.79. The molecular weight excluding hydrogens is 466 g/mol. The van der Waals surface area contributed by atoms with E-state index < -0.39 is 15.7 Å². The molecule has 6 heteroatoms. The van der Waals surface area contributed by atoms with Crippen LogP contribution in [0.5, 0.6) is 0 Å². The van der Waals surface area contributed by atoms with E-state index >= 15 is 0 Å². The third-order valence-electron chi connectivity index (χ3n) is 6.51. The van der Waals surface area contributed by atoms with Crippen LogP contribution in [0.4, 0.5) is 0 Å². The number of nitrogens with one attached hydrogen (secondary N) is 1. The second-order valence-corrected chi connectivity index (χ2v) is 11.1. The lowest BCUT2D eigenvalue weighted by Crippen LogP contribution is -2.26. The van der Waals surface area contributed by atoms with Crippen LogP contribution in [0.2, 0.25) is 0 Å². The molecule has 1 N–H and O–H groups in total. The van der Waals surface area contributed by atoms with Gasteiger partial charge in [0.05, 0.1) is 15.6 Å². The molecule has 0 saturated carbocycles. The molecule has 0 unspecified atom stereocenters. The fourth-order valence-electron chi connectivity index (χ4n) is 4.77. The van der Waals surface area contributed by atoms with Gasteiger partial charge in [-0.2, -0.15) is 0 Å². The predicted octanol–water partition coefficient (Wildman–Crippen LogP) is 4.40. The Bertz CT molecular complexity index is 1480. The van der Waals surface area contributed by atoms with Crippen LogP contribution < -0.4 is 15.4 Å². The van der Waals surface area contributed by atoms with Gasteiger partial charge in [-0.25, -0.2) is 13.1 Å². The molecule has 4 aromatic rings. The minimum atomic E-state index is -3.62. The quantitative estimate of drug-likeness (QED) is 0.374. The van der Waals surface area contributed by atoms with Crippen molar-refractivity contribution in [1.29, 1.82) is 0 Å². The zero-order valence-corrected chi connectivity index (χ0v) is 21.0. The summed E-state index contributed by atoms with van der Waals surface area (Å²) in [7, 11) is -3.62. The van der Waals surface area contributed by atoms with Crippen LogP contribution in [-0.4, -0.2) is 20.6 Å². The Labute approximate surface area is 212 Å². The molecule has 4 aromatic carbocycles. The number of sulfonamides is 1. The van der Waals surface area contributed by atoms with Crippen LogP contribution in [0, 0.1) is 0 Å². The van der Waals surface area contributed by atoms with Crippen LogP contribution in [0.25, 0.3) is 0 Å². The average Bonchev–Trinajstić information content (AvgIpc) is 3.23. The van der Waals surface area contributed by atoms with E-state index in [2.05, 4.69) is 29.0 Å². The first-order valence-corrected chi connectivity index (χ1v) is 13.6. The number of nitrogens with zero attached hydrogens (tertiary/aromatic N) is 2. The minimum absolute atomic E-state index is 0.112. The van der Waals surface area contributed by atoms with Crippen LogP contribution >= 0.6 is 0 Å². The summed E-state index contributed by atoms with van der Waals surface area (Å²) in [5.74, 6) is 0.112. The van der Waals surface area contributed by atoms with Gasteiger partial charge < -0.3 is 0 Å². The largest absolute Gasteiger partial charge is 0.253 e. The molecule has 0 aliphatic carbocycles. The molecule has 0 amide bonds. The fraction of sp³-hybridized carbons (Fsp3) is 0.200. The van der Waals surface area contributed by atoms with Crippen molar-refractivity contribution in [2.75, 3.05) is 6.54 Å². The van der Waals surface area contributed by atoms with E-state index in [0.29, 0.717) is 19.4 Å². The van der Waals surface area contributed by atoms with Crippen LogP contribution in [0.1, 0.15) is 36.0 Å². The topological polar surface area (TPSA) is 70.9 Å². The number of rotatable bonds is 9. The number of para-hydroxylation sites is 2. The molecular formula is C30H29N3O2S. The minimum Gasteiger partial charge on any atom is -0.253 e. The summed E-state index contributed by atoms with van der Waals surface area (Å²) in [6.07, 6.45) is 1.26. The molecule has 182 valence electrons. The molecule has 0 atom stereocenters. The Morgan fingerprint density at radius 3 is 1.75 bits per heavy atom. The number of hydrogen-bond acceptors (Lipinski definition) is 4. The van der Waals surface area contributed by atoms with Crippen molar-refractivity contribution in [3.05, 3.63) is 137 Å². The lowest BCUT2D eigenvalue weighted by atomic mass is 9.89. The molecule has 0 spiro atoms. The Morgan fingerprint density at radius 2 is 1.22 bits per heavy atom. The summed E-state index contributed by atoms with van der Waals surface area (Å²) in [4.78, 5) is 9.78. The predicted molar refractivity (Wildman–Crippen MR) is 142 cm³/mol. The zero-order chi connectivity index (χ0) is 25.0. The second-order valence-electron chi connectivity index (χ2n) is 9.31. The number of hydrogen-bond donors (Lipinski definition) is 1. The third kappa shape index (κ3) is 5.45. The highest BCUT2D eigenvalue weighted by molar-refractivity contribution is 7.89. The first-order valence-electron chi connectivity index (χ1n) is 12.2. The van der Waals surface area contributed by atoms with Gasteiger partial charge in [0, 0.05) is 18.9 Å². The highest BCUT2D eigenvalue weighted by Crippen LogP contribution is 2.28. The molecule has 0 fully saturated rings. The zero-order valence-electron chi connectivity index (χ0n) is 20.2. The highest BCUT2D eigenvalue weighted by Gasteiger charge is 2.26. The van der Waals surface area contributed by atoms with E-state index in [1.165, 1.54) is 11.1 Å². The molecule has 0 bridgehead atoms. The summed E-state index contributed by atoms with van der Waals surface area (Å²) in [5.41, 5.74) is 2.76. The second kappa shape index (κ2) is 10.2. The van der Waals surface area contributed by atoms with E-state index in [4.69, 9.17) is 9.98 Å². The molecule has 1 aliphatic heterocycles. The first kappa shape index (κ1) is 24.1. The van der Waals surface area contributed by atoms with Gasteiger partial charge in [0.15, 0.2) is 5.66 Å². The highest BCUT2D eigenvalue weighted by atomic mass is 32.2. The van der Waals surface area contributed by atoms with Gasteiger partial charge in [-0.15, -0.1) is 0 Å². The Kier molecular flexibility index (Phi) is 6.81. The maximum atomic E-state index is 13.0. The standard InChI is InChI=1S/C30H29N3O2S/c1-30(32-28-14-8-9-15-29(28)33-30)22-23-16-18-26(19-17-23)36(34,35)31-21-20-27(24-10-4-2-5-11-24)25-12-6-3-7-13-25/h2-19,27,31H,20-22H2,1H3. The average molecular weight is 496 g/mol. The molecule has 5 nitrogen and oxygen atoms in total. The Hall–Kier alpha value is -3.61. The summed E-state index contributed by atoms with van der Waals surface area (Å²) < 4.78 is 28.8. The van der Waals surface area contributed by atoms with Crippen molar-refractivity contribution in [3.8, 4) is 0 Å². The van der Waals surface area contributed by atoms with Gasteiger partial charge in [-0.1, -0.05) is 84.9 Å². The third-order valence-corrected chi connectivity index (χ3v) is 7.98. The van der Waals surface area contributed by atoms with Crippen molar-refractivity contribution >= 4 is 10.0 Å². The lowest BCUT2D eigenvalue weighted by molar-refractivity contribution is 0.490. The monoisotopic (exact) mass is 495 g/mol. The van der Waals surface area contributed by atoms with E-state index in [0.717, 1.165) is 16.3 Å². The summed E-state index contributed by atoms with van der Waals surface area (Å²) in [6.45, 7) is 2.34. The SMILES string of the molecule is CC1(Cc2ccc(S(=O)(=O)NCCC(c3ccccc3)c3ccccc3)cc2)N=c2ccccc2=N1. The summed E-state index contributed by atoms with van der Waals surface area (Å²) in [6, 6.07) is 35.3. The van der Waals surface area contributed by atoms with E-state index in [-0.39, 0.29) is 10.8 Å². The summed E-state index contributed by atoms with van der Waals surface area (Å²) >= 11 is 0. The van der Waals surface area contributed by atoms with Gasteiger partial charge in [0.2, 0.25) is 10.0 Å². The smallest absolute Gasteiger partial charge is 0.240 e. The molecule has 5 rings (SSSR count). The van der Waals surface area contributed by atoms with Gasteiger partial charge in [0.1, 0.15) is 0 Å². The fourth-order valence-corrected chi connectivity index (χ4v) is 5.81. The maximum Gasteiger partial charge on any atom is 0.240 e. The van der Waals surface area contributed by atoms with Gasteiger partial charge in [-0.05, 0) is 54.3 Å². The lowest BCUT2D eigenvalue weighted by Gasteiger charge is -2.19. The Morgan fingerprint density at radius 1 is 0.722 bits per heavy atom. The first-order chi connectivity index (χ1) is 17.4. The molecule has 1 heterocycles. The van der Waals surface area contributed by atoms with Crippen LogP contribution in [0.15, 0.2) is 124 Å². The van der Waals surface area contributed by atoms with Crippen molar-refractivity contribution in [3.63, 3.8) is 0 Å². The van der Waals surface area contributed by atoms with Crippen LogP contribution in [-0.2, 0) is 16.4 Å². The van der Waals surface area contributed by atoms with Gasteiger partial charge >= 0.3 is 0 Å². The molecule has 0 radical (unpaired) electrons. The molecule has 0 aromatic heterocycles. The van der Waals surface area contributed by atoms with E-state index in [1.807, 2.05) is 79.7 Å². The molecule has 0 saturated heterocycles. The van der Waals surface area contributed by atoms with E-state index in [1.54, 1.807) is 12.1 Å². The van der Waals surface area contributed by atoms with Crippen molar-refractivity contribution in [2.24, 2.45) is 9.98 Å². The Balaban J connectivity index is 1.25. The van der Waals surface area contributed by atoms with Crippen molar-refractivity contribution < 1.29 is 8.42 Å². The number of benzene rings is 4.